The van der Waals surface area contributed by atoms with E-state index in [-0.39, 0.29) is 11.9 Å². The third-order valence-electron chi connectivity index (χ3n) is 3.95. The Kier molecular flexibility index (Phi) is 4.47. The summed E-state index contributed by atoms with van der Waals surface area (Å²) in [6.07, 6.45) is 5.81. The molecule has 1 N–H and O–H groups in total. The number of hydrogen-bond acceptors (Lipinski definition) is 4. The zero-order valence-electron chi connectivity index (χ0n) is 12.8. The van der Waals surface area contributed by atoms with Gasteiger partial charge in [-0.2, -0.15) is 5.10 Å². The lowest BCUT2D eigenvalue weighted by Gasteiger charge is -2.19. The molecule has 1 amide bonds. The van der Waals surface area contributed by atoms with Gasteiger partial charge >= 0.3 is 0 Å². The molecule has 1 fully saturated rings. The molecule has 1 aromatic carbocycles. The lowest BCUT2D eigenvalue weighted by atomic mass is 10.1. The van der Waals surface area contributed by atoms with Crippen LogP contribution in [0.3, 0.4) is 0 Å². The van der Waals surface area contributed by atoms with Gasteiger partial charge in [0.2, 0.25) is 0 Å². The lowest BCUT2D eigenvalue weighted by molar-refractivity contribution is 0.0925. The number of rotatable bonds is 6. The second-order valence-electron chi connectivity index (χ2n) is 5.42. The van der Waals surface area contributed by atoms with Crippen LogP contribution < -0.4 is 5.32 Å². The Balaban J connectivity index is 1.84. The Hall–Kier alpha value is -1.82. The molecule has 1 heterocycles. The topological polar surface area (TPSA) is 59.8 Å². The standard InChI is InChI=1S/C16H20N4OS/c1-3-20-15(17-10-18-20)14(11-8-9-11)19-16(21)12-6-4-5-7-13(12)22-2/h4-7,10-11,14H,3,8-9H2,1-2H3,(H,19,21)/t14-/m1/s1. The van der Waals surface area contributed by atoms with Crippen LogP contribution >= 0.6 is 11.8 Å². The minimum absolute atomic E-state index is 0.0347. The molecule has 5 nitrogen and oxygen atoms in total. The van der Waals surface area contributed by atoms with E-state index in [1.54, 1.807) is 18.1 Å². The summed E-state index contributed by atoms with van der Waals surface area (Å²) >= 11 is 1.59. The first-order valence-electron chi connectivity index (χ1n) is 7.56. The molecule has 2 aromatic rings. The van der Waals surface area contributed by atoms with Gasteiger partial charge in [0, 0.05) is 11.4 Å². The molecule has 0 unspecified atom stereocenters. The predicted octanol–water partition coefficient (Wildman–Crippen LogP) is 2.90. The highest BCUT2D eigenvalue weighted by molar-refractivity contribution is 7.98. The summed E-state index contributed by atoms with van der Waals surface area (Å²) in [6.45, 7) is 2.79. The number of benzene rings is 1. The average Bonchev–Trinajstić information content (AvgIpc) is 3.29. The van der Waals surface area contributed by atoms with E-state index in [9.17, 15) is 4.79 Å². The van der Waals surface area contributed by atoms with Gasteiger partial charge in [0.15, 0.2) is 0 Å². The SMILES string of the molecule is CCn1ncnc1[C@H](NC(=O)c1ccccc1SC)C1CC1. The molecule has 116 valence electrons. The number of nitrogens with zero attached hydrogens (tertiary/aromatic N) is 3. The van der Waals surface area contributed by atoms with Crippen molar-refractivity contribution in [3.63, 3.8) is 0 Å². The highest BCUT2D eigenvalue weighted by Crippen LogP contribution is 2.40. The van der Waals surface area contributed by atoms with Crippen LogP contribution in [-0.4, -0.2) is 26.9 Å². The molecular weight excluding hydrogens is 296 g/mol. The molecule has 0 aliphatic heterocycles. The number of carbonyl (C=O) groups excluding carboxylic acids is 1. The van der Waals surface area contributed by atoms with E-state index < -0.39 is 0 Å². The number of carbonyl (C=O) groups is 1. The van der Waals surface area contributed by atoms with E-state index >= 15 is 0 Å². The maximum absolute atomic E-state index is 12.7. The number of aromatic nitrogens is 3. The number of aryl methyl sites for hydroxylation is 1. The third-order valence-corrected chi connectivity index (χ3v) is 4.75. The molecule has 1 aliphatic carbocycles. The van der Waals surface area contributed by atoms with E-state index in [0.29, 0.717) is 5.92 Å². The highest BCUT2D eigenvalue weighted by atomic mass is 32.2. The predicted molar refractivity (Wildman–Crippen MR) is 86.9 cm³/mol. The first-order chi connectivity index (χ1) is 10.7. The summed E-state index contributed by atoms with van der Waals surface area (Å²) in [5.74, 6) is 1.30. The molecule has 22 heavy (non-hydrogen) atoms. The molecule has 0 bridgehead atoms. The van der Waals surface area contributed by atoms with Crippen LogP contribution in [0.1, 0.15) is 42.0 Å². The molecule has 1 atom stereocenters. The summed E-state index contributed by atoms with van der Waals surface area (Å²) in [7, 11) is 0. The molecule has 0 spiro atoms. The van der Waals surface area contributed by atoms with Crippen molar-refractivity contribution in [1.82, 2.24) is 20.1 Å². The van der Waals surface area contributed by atoms with Crippen LogP contribution in [0.25, 0.3) is 0 Å². The van der Waals surface area contributed by atoms with Gasteiger partial charge in [-0.1, -0.05) is 12.1 Å². The van der Waals surface area contributed by atoms with E-state index in [2.05, 4.69) is 15.4 Å². The van der Waals surface area contributed by atoms with Gasteiger partial charge in [0.25, 0.3) is 5.91 Å². The van der Waals surface area contributed by atoms with E-state index in [1.165, 1.54) is 0 Å². The van der Waals surface area contributed by atoms with Crippen LogP contribution in [0.4, 0.5) is 0 Å². The monoisotopic (exact) mass is 316 g/mol. The van der Waals surface area contributed by atoms with Crippen molar-refractivity contribution >= 4 is 17.7 Å². The highest BCUT2D eigenvalue weighted by Gasteiger charge is 2.36. The normalized spacial score (nSPS) is 15.5. The molecule has 3 rings (SSSR count). The van der Waals surface area contributed by atoms with Crippen LogP contribution in [0.5, 0.6) is 0 Å². The van der Waals surface area contributed by atoms with Crippen molar-refractivity contribution in [3.8, 4) is 0 Å². The Morgan fingerprint density at radius 3 is 2.91 bits per heavy atom. The number of amides is 1. The average molecular weight is 316 g/mol. The second kappa shape index (κ2) is 6.52. The van der Waals surface area contributed by atoms with Crippen molar-refractivity contribution in [2.45, 2.75) is 37.2 Å². The zero-order valence-corrected chi connectivity index (χ0v) is 13.6. The molecule has 0 saturated heterocycles. The Morgan fingerprint density at radius 1 is 1.45 bits per heavy atom. The summed E-state index contributed by atoms with van der Waals surface area (Å²) in [5, 5.41) is 7.40. The van der Waals surface area contributed by atoms with Gasteiger partial charge in [-0.25, -0.2) is 9.67 Å². The molecule has 1 aromatic heterocycles. The fourth-order valence-electron chi connectivity index (χ4n) is 2.63. The Morgan fingerprint density at radius 2 is 2.23 bits per heavy atom. The maximum Gasteiger partial charge on any atom is 0.253 e. The van der Waals surface area contributed by atoms with Gasteiger partial charge in [-0.15, -0.1) is 11.8 Å². The van der Waals surface area contributed by atoms with Crippen LogP contribution in [0.15, 0.2) is 35.5 Å². The van der Waals surface area contributed by atoms with Crippen LogP contribution in [0.2, 0.25) is 0 Å². The first-order valence-corrected chi connectivity index (χ1v) is 8.78. The second-order valence-corrected chi connectivity index (χ2v) is 6.27. The van der Waals surface area contributed by atoms with Crippen molar-refractivity contribution < 1.29 is 4.79 Å². The van der Waals surface area contributed by atoms with E-state index in [4.69, 9.17) is 0 Å². The largest absolute Gasteiger partial charge is 0.342 e. The molecule has 0 radical (unpaired) electrons. The lowest BCUT2D eigenvalue weighted by Crippen LogP contribution is -2.32. The summed E-state index contributed by atoms with van der Waals surface area (Å²) in [4.78, 5) is 18.0. The fourth-order valence-corrected chi connectivity index (χ4v) is 3.23. The minimum Gasteiger partial charge on any atom is -0.342 e. The van der Waals surface area contributed by atoms with Gasteiger partial charge in [0.05, 0.1) is 11.6 Å². The van der Waals surface area contributed by atoms with Crippen molar-refractivity contribution in [3.05, 3.63) is 42.0 Å². The van der Waals surface area contributed by atoms with Crippen molar-refractivity contribution in [2.75, 3.05) is 6.26 Å². The number of hydrogen-bond donors (Lipinski definition) is 1. The summed E-state index contributed by atoms with van der Waals surface area (Å²) in [6, 6.07) is 7.64. The Bertz CT molecular complexity index is 666. The number of thioether (sulfide) groups is 1. The molecule has 1 aliphatic rings. The first kappa shape index (κ1) is 15.1. The van der Waals surface area contributed by atoms with Crippen molar-refractivity contribution in [2.24, 2.45) is 5.92 Å². The van der Waals surface area contributed by atoms with E-state index in [1.807, 2.05) is 42.1 Å². The van der Waals surface area contributed by atoms with Gasteiger partial charge in [-0.05, 0) is 44.1 Å². The fraction of sp³-hybridized carbons (Fsp3) is 0.438. The third kappa shape index (κ3) is 3.02. The maximum atomic E-state index is 12.7. The smallest absolute Gasteiger partial charge is 0.253 e. The summed E-state index contributed by atoms with van der Waals surface area (Å²) < 4.78 is 1.86. The van der Waals surface area contributed by atoms with Crippen LogP contribution in [-0.2, 0) is 6.54 Å². The van der Waals surface area contributed by atoms with Gasteiger partial charge in [0.1, 0.15) is 12.2 Å². The molecule has 6 heteroatoms. The Labute approximate surface area is 134 Å². The molecular formula is C16H20N4OS. The van der Waals surface area contributed by atoms with Crippen LogP contribution in [0, 0.1) is 5.92 Å². The molecule has 1 saturated carbocycles. The zero-order chi connectivity index (χ0) is 15.5. The minimum atomic E-state index is -0.0511. The van der Waals surface area contributed by atoms with Crippen molar-refractivity contribution in [1.29, 1.82) is 0 Å². The summed E-state index contributed by atoms with van der Waals surface area (Å²) in [5.41, 5.74) is 0.725. The van der Waals surface area contributed by atoms with Gasteiger partial charge in [-0.3, -0.25) is 4.79 Å². The van der Waals surface area contributed by atoms with Gasteiger partial charge < -0.3 is 5.32 Å². The van der Waals surface area contributed by atoms with E-state index in [0.717, 1.165) is 35.7 Å². The quantitative estimate of drug-likeness (QED) is 0.833. The number of nitrogens with one attached hydrogen (secondary N) is 1.